The number of imidazole rings is 1. The van der Waals surface area contributed by atoms with E-state index in [-0.39, 0.29) is 5.78 Å². The number of nitrogens with zero attached hydrogens (tertiary/aromatic N) is 2. The summed E-state index contributed by atoms with van der Waals surface area (Å²) in [5.41, 5.74) is 2.59. The molecule has 0 N–H and O–H groups in total. The predicted molar refractivity (Wildman–Crippen MR) is 70.6 cm³/mol. The Morgan fingerprint density at radius 2 is 1.89 bits per heavy atom. The number of aromatic nitrogens is 2. The number of carbonyl (C=O) groups excluding carboxylic acids is 1. The minimum Gasteiger partial charge on any atom is -0.299 e. The summed E-state index contributed by atoms with van der Waals surface area (Å²) in [5.74, 6) is 0.911. The molecule has 3 aromatic rings. The van der Waals surface area contributed by atoms with Crippen LogP contribution in [0.15, 0.2) is 54.9 Å². The second-order valence-electron chi connectivity index (χ2n) is 4.18. The largest absolute Gasteiger partial charge is 0.299 e. The van der Waals surface area contributed by atoms with Crippen LogP contribution in [0.2, 0.25) is 0 Å². The zero-order valence-electron chi connectivity index (χ0n) is 10.00. The molecule has 0 bridgehead atoms. The number of Topliss-reactive ketones (excluding diaryl/α,β-unsaturated/α-hetero) is 1. The van der Waals surface area contributed by atoms with E-state index < -0.39 is 0 Å². The number of fused-ring (bicyclic) bond motifs is 1. The SMILES string of the molecule is CC(=O)c1cccn2c(-c3ccccc3)ncc12. The van der Waals surface area contributed by atoms with Gasteiger partial charge >= 0.3 is 0 Å². The van der Waals surface area contributed by atoms with Crippen molar-refractivity contribution >= 4 is 11.3 Å². The van der Waals surface area contributed by atoms with Crippen molar-refractivity contribution in [2.45, 2.75) is 6.92 Å². The topological polar surface area (TPSA) is 34.4 Å². The van der Waals surface area contributed by atoms with Gasteiger partial charge < -0.3 is 0 Å². The Morgan fingerprint density at radius 3 is 2.61 bits per heavy atom. The van der Waals surface area contributed by atoms with Crippen LogP contribution in [0.4, 0.5) is 0 Å². The summed E-state index contributed by atoms with van der Waals surface area (Å²) in [6.07, 6.45) is 3.68. The van der Waals surface area contributed by atoms with Crippen molar-refractivity contribution in [1.29, 1.82) is 0 Å². The zero-order valence-corrected chi connectivity index (χ0v) is 10.00. The van der Waals surface area contributed by atoms with Crippen LogP contribution in [-0.4, -0.2) is 15.2 Å². The van der Waals surface area contributed by atoms with E-state index in [4.69, 9.17) is 0 Å². The first kappa shape index (κ1) is 10.7. The van der Waals surface area contributed by atoms with Crippen molar-refractivity contribution in [3.63, 3.8) is 0 Å². The quantitative estimate of drug-likeness (QED) is 0.640. The van der Waals surface area contributed by atoms with Crippen molar-refractivity contribution in [2.75, 3.05) is 0 Å². The molecular weight excluding hydrogens is 224 g/mol. The van der Waals surface area contributed by atoms with Crippen LogP contribution in [0.25, 0.3) is 16.9 Å². The summed E-state index contributed by atoms with van der Waals surface area (Å²) in [6.45, 7) is 1.57. The molecule has 3 rings (SSSR count). The third-order valence-electron chi connectivity index (χ3n) is 2.98. The van der Waals surface area contributed by atoms with Crippen LogP contribution in [0.3, 0.4) is 0 Å². The molecule has 88 valence electrons. The highest BCUT2D eigenvalue weighted by atomic mass is 16.1. The number of pyridine rings is 1. The van der Waals surface area contributed by atoms with Gasteiger partial charge in [-0.25, -0.2) is 4.98 Å². The maximum absolute atomic E-state index is 11.6. The van der Waals surface area contributed by atoms with Gasteiger partial charge in [0, 0.05) is 17.3 Å². The van der Waals surface area contributed by atoms with Gasteiger partial charge in [-0.05, 0) is 19.1 Å². The Morgan fingerprint density at radius 1 is 1.11 bits per heavy atom. The van der Waals surface area contributed by atoms with Gasteiger partial charge in [-0.1, -0.05) is 30.3 Å². The predicted octanol–water partition coefficient (Wildman–Crippen LogP) is 3.20. The van der Waals surface area contributed by atoms with Crippen molar-refractivity contribution in [2.24, 2.45) is 0 Å². The molecule has 0 saturated heterocycles. The minimum absolute atomic E-state index is 0.0557. The molecular formula is C15H12N2O. The highest BCUT2D eigenvalue weighted by Gasteiger charge is 2.10. The van der Waals surface area contributed by atoms with E-state index in [1.807, 2.05) is 53.1 Å². The number of benzene rings is 1. The standard InChI is InChI=1S/C15H12N2O/c1-11(18)13-8-5-9-17-14(13)10-16-15(17)12-6-3-2-4-7-12/h2-10H,1H3. The minimum atomic E-state index is 0.0557. The third-order valence-corrected chi connectivity index (χ3v) is 2.98. The van der Waals surface area contributed by atoms with Gasteiger partial charge in [0.2, 0.25) is 0 Å². The van der Waals surface area contributed by atoms with Crippen LogP contribution in [0, 0.1) is 0 Å². The summed E-state index contributed by atoms with van der Waals surface area (Å²) in [7, 11) is 0. The molecule has 0 amide bonds. The van der Waals surface area contributed by atoms with Crippen LogP contribution < -0.4 is 0 Å². The lowest BCUT2D eigenvalue weighted by Gasteiger charge is -2.03. The maximum atomic E-state index is 11.6. The van der Waals surface area contributed by atoms with Gasteiger partial charge in [0.15, 0.2) is 5.78 Å². The van der Waals surface area contributed by atoms with Gasteiger partial charge in [-0.15, -0.1) is 0 Å². The summed E-state index contributed by atoms with van der Waals surface area (Å²) in [5, 5.41) is 0. The molecule has 3 heteroatoms. The highest BCUT2D eigenvalue weighted by Crippen LogP contribution is 2.21. The maximum Gasteiger partial charge on any atom is 0.161 e. The van der Waals surface area contributed by atoms with Gasteiger partial charge in [-0.3, -0.25) is 9.20 Å². The molecule has 0 saturated carbocycles. The summed E-state index contributed by atoms with van der Waals surface area (Å²) in [6, 6.07) is 13.6. The molecule has 0 spiro atoms. The number of carbonyl (C=O) groups is 1. The number of ketones is 1. The Kier molecular flexibility index (Phi) is 2.45. The number of hydrogen-bond acceptors (Lipinski definition) is 2. The second kappa shape index (κ2) is 4.11. The Labute approximate surface area is 105 Å². The van der Waals surface area contributed by atoms with Crippen LogP contribution in [0.1, 0.15) is 17.3 Å². The molecule has 0 aliphatic rings. The fourth-order valence-corrected chi connectivity index (χ4v) is 2.12. The Balaban J connectivity index is 2.28. The highest BCUT2D eigenvalue weighted by molar-refractivity contribution is 6.00. The lowest BCUT2D eigenvalue weighted by Crippen LogP contribution is -1.97. The zero-order chi connectivity index (χ0) is 12.5. The lowest BCUT2D eigenvalue weighted by atomic mass is 10.1. The fraction of sp³-hybridized carbons (Fsp3) is 0.0667. The first-order chi connectivity index (χ1) is 8.77. The molecule has 3 nitrogen and oxygen atoms in total. The molecule has 2 aromatic heterocycles. The molecule has 0 aliphatic heterocycles. The van der Waals surface area contributed by atoms with Gasteiger partial charge in [0.25, 0.3) is 0 Å². The fourth-order valence-electron chi connectivity index (χ4n) is 2.12. The van der Waals surface area contributed by atoms with Gasteiger partial charge in [0.1, 0.15) is 5.82 Å². The molecule has 0 radical (unpaired) electrons. The smallest absolute Gasteiger partial charge is 0.161 e. The normalized spacial score (nSPS) is 10.7. The molecule has 18 heavy (non-hydrogen) atoms. The number of hydrogen-bond donors (Lipinski definition) is 0. The molecule has 0 atom stereocenters. The van der Waals surface area contributed by atoms with E-state index in [2.05, 4.69) is 4.98 Å². The van der Waals surface area contributed by atoms with Crippen LogP contribution in [-0.2, 0) is 0 Å². The van der Waals surface area contributed by atoms with Crippen LogP contribution in [0.5, 0.6) is 0 Å². The van der Waals surface area contributed by atoms with Crippen molar-refractivity contribution < 1.29 is 4.79 Å². The van der Waals surface area contributed by atoms with E-state index in [1.54, 1.807) is 13.1 Å². The van der Waals surface area contributed by atoms with Crippen molar-refractivity contribution in [3.05, 3.63) is 60.4 Å². The second-order valence-corrected chi connectivity index (χ2v) is 4.18. The van der Waals surface area contributed by atoms with Crippen molar-refractivity contribution in [3.8, 4) is 11.4 Å². The van der Waals surface area contributed by atoms with E-state index >= 15 is 0 Å². The van der Waals surface area contributed by atoms with E-state index in [9.17, 15) is 4.79 Å². The summed E-state index contributed by atoms with van der Waals surface area (Å²) < 4.78 is 1.95. The number of rotatable bonds is 2. The third kappa shape index (κ3) is 1.61. The van der Waals surface area contributed by atoms with Crippen LogP contribution >= 0.6 is 0 Å². The molecule has 1 aromatic carbocycles. The molecule has 0 unspecified atom stereocenters. The average Bonchev–Trinajstić information content (AvgIpc) is 2.83. The van der Waals surface area contributed by atoms with Gasteiger partial charge in [-0.2, -0.15) is 0 Å². The Hall–Kier alpha value is -2.42. The monoisotopic (exact) mass is 236 g/mol. The van der Waals surface area contributed by atoms with Crippen molar-refractivity contribution in [1.82, 2.24) is 9.38 Å². The molecule has 2 heterocycles. The molecule has 0 aliphatic carbocycles. The van der Waals surface area contributed by atoms with Gasteiger partial charge in [0.05, 0.1) is 11.7 Å². The summed E-state index contributed by atoms with van der Waals surface area (Å²) >= 11 is 0. The average molecular weight is 236 g/mol. The first-order valence-corrected chi connectivity index (χ1v) is 5.80. The Bertz CT molecular complexity index is 714. The van der Waals surface area contributed by atoms with E-state index in [1.165, 1.54) is 0 Å². The van der Waals surface area contributed by atoms with E-state index in [0.29, 0.717) is 5.56 Å². The first-order valence-electron chi connectivity index (χ1n) is 5.80. The lowest BCUT2D eigenvalue weighted by molar-refractivity contribution is 0.101. The van der Waals surface area contributed by atoms with E-state index in [0.717, 1.165) is 16.9 Å². The molecule has 0 fully saturated rings. The summed E-state index contributed by atoms with van der Waals surface area (Å²) in [4.78, 5) is 16.0.